The summed E-state index contributed by atoms with van der Waals surface area (Å²) < 4.78 is 34.6. The number of ketones is 2. The van der Waals surface area contributed by atoms with Crippen LogP contribution in [0.15, 0.2) is 23.6 Å². The highest BCUT2D eigenvalue weighted by molar-refractivity contribution is 6.26. The molecule has 3 saturated carbocycles. The predicted octanol–water partition coefficient (Wildman–Crippen LogP) is 4.40. The van der Waals surface area contributed by atoms with Gasteiger partial charge in [-0.05, 0) is 49.2 Å². The fourth-order valence-electron chi connectivity index (χ4n) is 7.83. The summed E-state index contributed by atoms with van der Waals surface area (Å²) in [6.07, 6.45) is 2.69. The van der Waals surface area contributed by atoms with E-state index in [1.807, 2.05) is 0 Å². The molecule has 0 radical (unpaired) electrons. The van der Waals surface area contributed by atoms with E-state index in [2.05, 4.69) is 0 Å². The average Bonchev–Trinajstić information content (AvgIpc) is 2.99. The molecule has 0 bridgehead atoms. The number of rotatable bonds is 4. The molecule has 0 aliphatic heterocycles. The van der Waals surface area contributed by atoms with E-state index in [1.54, 1.807) is 33.8 Å². The number of hydrogen-bond acceptors (Lipinski definition) is 5. The van der Waals surface area contributed by atoms with Crippen molar-refractivity contribution in [1.29, 1.82) is 0 Å². The van der Waals surface area contributed by atoms with Gasteiger partial charge in [-0.3, -0.25) is 14.4 Å². The molecule has 8 atom stereocenters. The van der Waals surface area contributed by atoms with E-state index in [4.69, 9.17) is 16.3 Å². The summed E-state index contributed by atoms with van der Waals surface area (Å²) in [5.74, 6) is -4.05. The first-order chi connectivity index (χ1) is 15.3. The van der Waals surface area contributed by atoms with E-state index in [9.17, 15) is 28.3 Å². The highest BCUT2D eigenvalue weighted by atomic mass is 35.5. The maximum Gasteiger partial charge on any atom is 0.306 e. The largest absolute Gasteiger partial charge is 0.450 e. The van der Waals surface area contributed by atoms with Gasteiger partial charge < -0.3 is 9.84 Å². The molecule has 0 amide bonds. The lowest BCUT2D eigenvalue weighted by Gasteiger charge is -2.64. The molecule has 33 heavy (non-hydrogen) atoms. The molecule has 0 spiro atoms. The van der Waals surface area contributed by atoms with Crippen LogP contribution in [-0.2, 0) is 19.1 Å². The number of ether oxygens (including phenoxy) is 1. The molecule has 182 valence electrons. The smallest absolute Gasteiger partial charge is 0.306 e. The first-order valence-electron chi connectivity index (χ1n) is 11.7. The van der Waals surface area contributed by atoms with E-state index in [1.165, 1.54) is 6.08 Å². The van der Waals surface area contributed by atoms with Gasteiger partial charge in [0, 0.05) is 23.2 Å². The number of carbonyl (C=O) groups is 3. The second-order valence-electron chi connectivity index (χ2n) is 10.6. The van der Waals surface area contributed by atoms with Gasteiger partial charge in [-0.2, -0.15) is 0 Å². The third-order valence-electron chi connectivity index (χ3n) is 9.37. The van der Waals surface area contributed by atoms with Crippen LogP contribution in [0.25, 0.3) is 0 Å². The number of alkyl halides is 2. The van der Waals surface area contributed by atoms with E-state index in [0.29, 0.717) is 18.4 Å². The molecule has 0 saturated heterocycles. The topological polar surface area (TPSA) is 80.7 Å². The molecular weight excluding hydrogens is 454 g/mol. The maximum absolute atomic E-state index is 14.9. The van der Waals surface area contributed by atoms with Crippen LogP contribution in [0.2, 0.25) is 0 Å². The lowest BCUT2D eigenvalue weighted by molar-refractivity contribution is -0.201. The Morgan fingerprint density at radius 3 is 2.58 bits per heavy atom. The fraction of sp³-hybridized carbons (Fsp3) is 0.720. The van der Waals surface area contributed by atoms with Gasteiger partial charge in [0.25, 0.3) is 0 Å². The zero-order valence-corrected chi connectivity index (χ0v) is 20.2. The highest BCUT2D eigenvalue weighted by Crippen LogP contribution is 2.72. The first-order valence-corrected chi connectivity index (χ1v) is 12.0. The summed E-state index contributed by atoms with van der Waals surface area (Å²) in [5.41, 5.74) is -3.57. The van der Waals surface area contributed by atoms with Crippen molar-refractivity contribution < 1.29 is 33.0 Å². The third kappa shape index (κ3) is 2.81. The number of allylic oxidation sites excluding steroid dienone is 4. The number of aliphatic hydroxyl groups is 1. The lowest BCUT2D eigenvalue weighted by Crippen LogP contribution is -2.69. The number of fused-ring (bicyclic) bond motifs is 5. The summed E-state index contributed by atoms with van der Waals surface area (Å²) in [6, 6.07) is 0. The molecule has 0 aromatic heterocycles. The zero-order chi connectivity index (χ0) is 24.6. The van der Waals surface area contributed by atoms with Crippen LogP contribution in [0.3, 0.4) is 0 Å². The van der Waals surface area contributed by atoms with Crippen molar-refractivity contribution >= 4 is 29.1 Å². The van der Waals surface area contributed by atoms with Crippen molar-refractivity contribution in [3.8, 4) is 0 Å². The normalized spacial score (nSPS) is 46.5. The molecule has 0 aromatic carbocycles. The van der Waals surface area contributed by atoms with E-state index in [-0.39, 0.29) is 31.1 Å². The third-order valence-corrected chi connectivity index (χ3v) is 10.3. The molecule has 3 fully saturated rings. The van der Waals surface area contributed by atoms with Crippen LogP contribution >= 0.6 is 11.6 Å². The summed E-state index contributed by atoms with van der Waals surface area (Å²) >= 11 is 7.29. The maximum atomic E-state index is 14.9. The van der Waals surface area contributed by atoms with E-state index < -0.39 is 63.4 Å². The number of esters is 1. The number of aliphatic hydroxyl groups excluding tert-OH is 1. The molecule has 4 aliphatic carbocycles. The van der Waals surface area contributed by atoms with Gasteiger partial charge in [-0.1, -0.05) is 33.8 Å². The molecule has 4 aliphatic rings. The molecule has 0 heterocycles. The summed E-state index contributed by atoms with van der Waals surface area (Å²) in [6.45, 7) is 5.63. The summed E-state index contributed by atoms with van der Waals surface area (Å²) in [5, 5.41) is 11.6. The Labute approximate surface area is 197 Å². The molecule has 8 heteroatoms. The standard InChI is InChI=1S/C25H31ClF2O5/c1-5-20(32)33-25(19(31)12-27)13(2)10-16-14-6-7-15-21(28)17(29)8-9-22(15,3)24(14,26)18(30)11-23(16,25)4/h8-9,13-14,16,18,30H,5-7,10-12H2,1-4H3/t13-,14-,16-,18-,22-,23-,24-,25-/m0/s1. The van der Waals surface area contributed by atoms with Gasteiger partial charge in [-0.25, -0.2) is 8.78 Å². The number of halogens is 3. The van der Waals surface area contributed by atoms with Gasteiger partial charge in [0.2, 0.25) is 11.6 Å². The first kappa shape index (κ1) is 24.5. The number of Topliss-reactive ketones (excluding diaryl/α,β-unsaturated/α-hetero) is 1. The van der Waals surface area contributed by atoms with Crippen molar-refractivity contribution in [2.24, 2.45) is 28.6 Å². The Bertz CT molecular complexity index is 978. The van der Waals surface area contributed by atoms with E-state index in [0.717, 1.165) is 0 Å². The molecule has 0 unspecified atom stereocenters. The average molecular weight is 485 g/mol. The van der Waals surface area contributed by atoms with Crippen LogP contribution in [0, 0.1) is 28.6 Å². The van der Waals surface area contributed by atoms with Crippen LogP contribution < -0.4 is 0 Å². The Hall–Kier alpha value is -1.60. The van der Waals surface area contributed by atoms with Gasteiger partial charge in [0.15, 0.2) is 18.1 Å². The SMILES string of the molecule is CCC(=O)O[C@]1(C(=O)CF)[C@@H](C)C[C@H]2[C@@H]3CCC4=C(F)C(=O)C=C[C@]4(C)[C@@]3(Cl)[C@@H](O)C[C@@]21C. The highest BCUT2D eigenvalue weighted by Gasteiger charge is 2.76. The van der Waals surface area contributed by atoms with Crippen LogP contribution in [-0.4, -0.2) is 45.9 Å². The lowest BCUT2D eigenvalue weighted by atomic mass is 9.45. The molecule has 0 aromatic rings. The summed E-state index contributed by atoms with van der Waals surface area (Å²) in [4.78, 5) is 36.2. The van der Waals surface area contributed by atoms with Crippen molar-refractivity contribution in [3.63, 3.8) is 0 Å². The summed E-state index contributed by atoms with van der Waals surface area (Å²) in [7, 11) is 0. The monoisotopic (exact) mass is 484 g/mol. The second-order valence-corrected chi connectivity index (χ2v) is 11.2. The minimum atomic E-state index is -1.71. The predicted molar refractivity (Wildman–Crippen MR) is 118 cm³/mol. The Balaban J connectivity index is 1.87. The quantitative estimate of drug-likeness (QED) is 0.472. The fourth-order valence-corrected chi connectivity index (χ4v) is 8.34. The van der Waals surface area contributed by atoms with Crippen molar-refractivity contribution in [3.05, 3.63) is 23.6 Å². The molecule has 4 rings (SSSR count). The van der Waals surface area contributed by atoms with Gasteiger partial charge >= 0.3 is 5.97 Å². The van der Waals surface area contributed by atoms with Gasteiger partial charge in [0.05, 0.1) is 11.0 Å². The van der Waals surface area contributed by atoms with Crippen molar-refractivity contribution in [2.75, 3.05) is 6.67 Å². The molecular formula is C25H31ClF2O5. The number of hydrogen-bond donors (Lipinski definition) is 1. The van der Waals surface area contributed by atoms with E-state index >= 15 is 0 Å². The minimum absolute atomic E-state index is 0.0168. The Kier molecular flexibility index (Phi) is 5.73. The minimum Gasteiger partial charge on any atom is -0.450 e. The molecule has 5 nitrogen and oxygen atoms in total. The zero-order valence-electron chi connectivity index (χ0n) is 19.4. The van der Waals surface area contributed by atoms with Gasteiger partial charge in [-0.15, -0.1) is 11.6 Å². The van der Waals surface area contributed by atoms with Crippen LogP contribution in [0.4, 0.5) is 8.78 Å². The van der Waals surface area contributed by atoms with Crippen LogP contribution in [0.5, 0.6) is 0 Å². The molecule has 1 N–H and O–H groups in total. The second kappa shape index (κ2) is 7.70. The number of carbonyl (C=O) groups excluding carboxylic acids is 3. The van der Waals surface area contributed by atoms with Crippen molar-refractivity contribution in [1.82, 2.24) is 0 Å². The van der Waals surface area contributed by atoms with Crippen LogP contribution in [0.1, 0.15) is 59.8 Å². The Morgan fingerprint density at radius 2 is 1.97 bits per heavy atom. The Morgan fingerprint density at radius 1 is 1.30 bits per heavy atom. The van der Waals surface area contributed by atoms with Gasteiger partial charge in [0.1, 0.15) is 0 Å². The van der Waals surface area contributed by atoms with Crippen molar-refractivity contribution in [2.45, 2.75) is 76.4 Å².